The van der Waals surface area contributed by atoms with E-state index < -0.39 is 6.98 Å². The second-order valence-corrected chi connectivity index (χ2v) is 5.61. The molecule has 1 aliphatic heterocycles. The zero-order valence-corrected chi connectivity index (χ0v) is 11.1. The van der Waals surface area contributed by atoms with Crippen LogP contribution in [0.25, 0.3) is 10.9 Å². The number of aromatic nitrogens is 1. The lowest BCUT2D eigenvalue weighted by atomic mass is 10.0. The first-order valence-corrected chi connectivity index (χ1v) is 6.77. The number of H-pyrrole nitrogens is 1. The summed E-state index contributed by atoms with van der Waals surface area (Å²) >= 11 is 3.49. The fourth-order valence-corrected chi connectivity index (χ4v) is 2.98. The molecule has 90 valence electrons. The number of benzene rings is 1. The van der Waals surface area contributed by atoms with Crippen LogP contribution in [0.2, 0.25) is 0 Å². The number of aromatic amines is 1. The second kappa shape index (κ2) is 4.46. The highest BCUT2D eigenvalue weighted by Gasteiger charge is 2.21. The van der Waals surface area contributed by atoms with Gasteiger partial charge in [0.1, 0.15) is 0 Å². The van der Waals surface area contributed by atoms with E-state index in [9.17, 15) is 0 Å². The predicted molar refractivity (Wildman–Crippen MR) is 75.4 cm³/mol. The first kappa shape index (κ1) is 8.33. The Labute approximate surface area is 114 Å². The second-order valence-electron chi connectivity index (χ2n) is 4.70. The molecule has 1 aromatic carbocycles. The number of nitrogens with zero attached hydrogens (tertiary/aromatic N) is 1. The van der Waals surface area contributed by atoms with Gasteiger partial charge in [0.15, 0.2) is 0 Å². The normalized spacial score (nSPS) is 24.8. The van der Waals surface area contributed by atoms with E-state index in [1.54, 1.807) is 4.90 Å². The van der Waals surface area contributed by atoms with Crippen molar-refractivity contribution < 1.29 is 4.11 Å². The molecule has 1 aromatic heterocycles. The van der Waals surface area contributed by atoms with Crippen LogP contribution in [0.1, 0.15) is 22.5 Å². The Kier molecular flexibility index (Phi) is 2.19. The van der Waals surface area contributed by atoms with Crippen molar-refractivity contribution in [3.8, 4) is 0 Å². The average Bonchev–Trinajstić information content (AvgIpc) is 2.97. The minimum Gasteiger partial charge on any atom is -0.361 e. The van der Waals surface area contributed by atoms with Crippen molar-refractivity contribution >= 4 is 26.8 Å². The van der Waals surface area contributed by atoms with Crippen molar-refractivity contribution in [1.82, 2.24) is 9.88 Å². The van der Waals surface area contributed by atoms with Gasteiger partial charge in [-0.05, 0) is 56.5 Å². The van der Waals surface area contributed by atoms with Gasteiger partial charge in [0.05, 0.1) is 0 Å². The molecule has 0 spiro atoms. The molecule has 2 heterocycles. The molecule has 0 saturated carbocycles. The van der Waals surface area contributed by atoms with Crippen LogP contribution in [0.4, 0.5) is 0 Å². The van der Waals surface area contributed by atoms with Crippen LogP contribution in [0.5, 0.6) is 0 Å². The molecule has 1 N–H and O–H groups in total. The molecule has 1 saturated heterocycles. The number of hydrogen-bond donors (Lipinski definition) is 1. The Morgan fingerprint density at radius 2 is 2.53 bits per heavy atom. The highest BCUT2D eigenvalue weighted by molar-refractivity contribution is 9.10. The molecule has 0 radical (unpaired) electrons. The zero-order valence-electron chi connectivity index (χ0n) is 12.5. The van der Waals surface area contributed by atoms with Crippen LogP contribution < -0.4 is 0 Å². The summed E-state index contributed by atoms with van der Waals surface area (Å²) in [5, 5.41) is 1.18. The smallest absolute Gasteiger partial charge is 0.0457 e. The van der Waals surface area contributed by atoms with Crippen molar-refractivity contribution in [2.24, 2.45) is 0 Å². The van der Waals surface area contributed by atoms with Crippen molar-refractivity contribution in [3.63, 3.8) is 0 Å². The number of rotatable bonds is 2. The summed E-state index contributed by atoms with van der Waals surface area (Å²) in [6, 6.07) is 6.25. The van der Waals surface area contributed by atoms with Crippen molar-refractivity contribution in [3.05, 3.63) is 34.4 Å². The third kappa shape index (κ3) is 2.14. The monoisotopic (exact) mass is 295 g/mol. The lowest BCUT2D eigenvalue weighted by Gasteiger charge is -2.18. The largest absolute Gasteiger partial charge is 0.361 e. The summed E-state index contributed by atoms with van der Waals surface area (Å²) in [6.07, 6.45) is 4.72. The van der Waals surface area contributed by atoms with Gasteiger partial charge < -0.3 is 9.88 Å². The predicted octanol–water partition coefficient (Wildman–Crippen LogP) is 3.57. The molecule has 17 heavy (non-hydrogen) atoms. The van der Waals surface area contributed by atoms with E-state index in [1.807, 2.05) is 18.3 Å². The summed E-state index contributed by atoms with van der Waals surface area (Å²) in [7, 11) is 0. The Balaban J connectivity index is 1.87. The molecule has 1 atom stereocenters. The Hall–Kier alpha value is -0.800. The van der Waals surface area contributed by atoms with Crippen molar-refractivity contribution in [1.29, 1.82) is 0 Å². The number of halogens is 1. The van der Waals surface area contributed by atoms with Crippen LogP contribution in [-0.2, 0) is 6.42 Å². The van der Waals surface area contributed by atoms with Gasteiger partial charge in [0, 0.05) is 31.7 Å². The van der Waals surface area contributed by atoms with Gasteiger partial charge in [0.2, 0.25) is 0 Å². The van der Waals surface area contributed by atoms with E-state index in [0.717, 1.165) is 29.3 Å². The van der Waals surface area contributed by atoms with Crippen LogP contribution >= 0.6 is 15.9 Å². The summed E-state index contributed by atoms with van der Waals surface area (Å²) in [5.41, 5.74) is 2.30. The van der Waals surface area contributed by atoms with Gasteiger partial charge in [-0.25, -0.2) is 0 Å². The third-order valence-electron chi connectivity index (χ3n) is 3.56. The molecule has 1 aliphatic rings. The van der Waals surface area contributed by atoms with E-state index >= 15 is 0 Å². The topological polar surface area (TPSA) is 19.0 Å². The molecule has 2 nitrogen and oxygen atoms in total. The Morgan fingerprint density at radius 1 is 1.59 bits per heavy atom. The summed E-state index contributed by atoms with van der Waals surface area (Å²) in [6.45, 7) is -1.30. The zero-order chi connectivity index (χ0) is 14.3. The minimum atomic E-state index is -1.98. The summed E-state index contributed by atoms with van der Waals surface area (Å²) in [5.74, 6) is 0. The highest BCUT2D eigenvalue weighted by atomic mass is 79.9. The highest BCUT2D eigenvalue weighted by Crippen LogP contribution is 2.26. The molecule has 3 heteroatoms. The number of likely N-dealkylation sites (N-methyl/N-ethyl adjacent to an activating group) is 1. The molecule has 1 fully saturated rings. The standard InChI is InChI=1S/C14H17BrN2/c1-17-6-2-3-12(17)7-10-9-16-14-5-4-11(15)8-13(10)14/h4-5,8-9,12,16H,2-3,6-7H2,1H3/t12-/m0/s1/i1D3. The van der Waals surface area contributed by atoms with E-state index in [-0.39, 0.29) is 6.04 Å². The SMILES string of the molecule is [2H]C([2H])([2H])N1CCC[C@H]1Cc1c[nH]c2ccc(Br)cc12. The van der Waals surface area contributed by atoms with Crippen LogP contribution in [0.3, 0.4) is 0 Å². The van der Waals surface area contributed by atoms with Crippen LogP contribution in [0, 0.1) is 0 Å². The number of likely N-dealkylation sites (tertiary alicyclic amines) is 1. The lowest BCUT2D eigenvalue weighted by Crippen LogP contribution is -2.26. The first-order chi connectivity index (χ1) is 9.45. The maximum atomic E-state index is 7.63. The van der Waals surface area contributed by atoms with Crippen molar-refractivity contribution in [2.45, 2.75) is 25.3 Å². The van der Waals surface area contributed by atoms with Gasteiger partial charge in [-0.15, -0.1) is 0 Å². The summed E-state index contributed by atoms with van der Waals surface area (Å²) in [4.78, 5) is 4.93. The van der Waals surface area contributed by atoms with Gasteiger partial charge in [-0.3, -0.25) is 0 Å². The molecule has 0 bridgehead atoms. The molecule has 0 aliphatic carbocycles. The fraction of sp³-hybridized carbons (Fsp3) is 0.429. The van der Waals surface area contributed by atoms with E-state index in [4.69, 9.17) is 4.11 Å². The molecule has 0 amide bonds. The number of hydrogen-bond acceptors (Lipinski definition) is 1. The third-order valence-corrected chi connectivity index (χ3v) is 4.06. The van der Waals surface area contributed by atoms with Crippen LogP contribution in [0.15, 0.2) is 28.9 Å². The first-order valence-electron chi connectivity index (χ1n) is 7.47. The van der Waals surface area contributed by atoms with Gasteiger partial charge >= 0.3 is 0 Å². The van der Waals surface area contributed by atoms with E-state index in [2.05, 4.69) is 27.0 Å². The molecule has 2 aromatic rings. The van der Waals surface area contributed by atoms with Crippen LogP contribution in [-0.4, -0.2) is 29.4 Å². The van der Waals surface area contributed by atoms with Gasteiger partial charge in [0.25, 0.3) is 0 Å². The van der Waals surface area contributed by atoms with Crippen molar-refractivity contribution in [2.75, 3.05) is 13.5 Å². The minimum absolute atomic E-state index is 0.112. The fourth-order valence-electron chi connectivity index (χ4n) is 2.62. The van der Waals surface area contributed by atoms with E-state index in [1.165, 1.54) is 10.9 Å². The maximum Gasteiger partial charge on any atom is 0.0457 e. The number of fused-ring (bicyclic) bond motifs is 1. The van der Waals surface area contributed by atoms with Gasteiger partial charge in [-0.2, -0.15) is 0 Å². The van der Waals surface area contributed by atoms with E-state index in [0.29, 0.717) is 6.54 Å². The molecular weight excluding hydrogens is 276 g/mol. The summed E-state index contributed by atoms with van der Waals surface area (Å²) < 4.78 is 23.9. The average molecular weight is 296 g/mol. The Bertz CT molecular complexity index is 620. The lowest BCUT2D eigenvalue weighted by molar-refractivity contribution is 0.310. The molecule has 0 unspecified atom stereocenters. The molecular formula is C14H17BrN2. The number of nitrogens with one attached hydrogen (secondary N) is 1. The molecule has 3 rings (SSSR count). The van der Waals surface area contributed by atoms with Gasteiger partial charge in [-0.1, -0.05) is 15.9 Å². The Morgan fingerprint density at radius 3 is 3.41 bits per heavy atom. The maximum absolute atomic E-state index is 7.63. The quantitative estimate of drug-likeness (QED) is 0.897.